The lowest BCUT2D eigenvalue weighted by Gasteiger charge is -2.07. The lowest BCUT2D eigenvalue weighted by Crippen LogP contribution is -1.97. The van der Waals surface area contributed by atoms with E-state index in [9.17, 15) is 0 Å². The zero-order valence-corrected chi connectivity index (χ0v) is 16.6. The average Bonchev–Trinajstić information content (AvgIpc) is 3.20. The molecule has 0 bridgehead atoms. The van der Waals surface area contributed by atoms with Crippen LogP contribution in [0.25, 0.3) is 31.6 Å². The number of hydrogen-bond donors (Lipinski definition) is 1. The second-order valence-electron chi connectivity index (χ2n) is 6.10. The molecule has 1 N–H and O–H groups in total. The third kappa shape index (κ3) is 2.33. The molecule has 0 aliphatic carbocycles. The first-order valence-corrected chi connectivity index (χ1v) is 9.98. The van der Waals surface area contributed by atoms with Crippen molar-refractivity contribution in [2.75, 3.05) is 11.9 Å². The smallest absolute Gasteiger partial charge is 0.201 e. The number of pyridine rings is 1. The fourth-order valence-electron chi connectivity index (χ4n) is 3.37. The molecule has 1 aromatic carbocycles. The highest BCUT2D eigenvalue weighted by atomic mass is 79.9. The summed E-state index contributed by atoms with van der Waals surface area (Å²) in [6.07, 6.45) is 0. The molecule has 4 heterocycles. The Morgan fingerprint density at radius 3 is 2.84 bits per heavy atom. The van der Waals surface area contributed by atoms with Crippen LogP contribution in [0.15, 0.2) is 34.8 Å². The van der Waals surface area contributed by atoms with Crippen molar-refractivity contribution in [3.05, 3.63) is 45.3 Å². The summed E-state index contributed by atoms with van der Waals surface area (Å²) in [6, 6.07) is 10.5. The van der Waals surface area contributed by atoms with Gasteiger partial charge in [0.25, 0.3) is 0 Å². The molecule has 4 nitrogen and oxygen atoms in total. The maximum Gasteiger partial charge on any atom is 0.201 e. The van der Waals surface area contributed by atoms with Crippen molar-refractivity contribution in [3.63, 3.8) is 0 Å². The van der Waals surface area contributed by atoms with Crippen LogP contribution in [0.4, 0.5) is 5.82 Å². The summed E-state index contributed by atoms with van der Waals surface area (Å²) >= 11 is 10.7. The number of rotatable bonds is 1. The Balaban J connectivity index is 1.94. The molecule has 0 saturated carbocycles. The molecule has 0 atom stereocenters. The van der Waals surface area contributed by atoms with Crippen molar-refractivity contribution in [2.24, 2.45) is 0 Å². The van der Waals surface area contributed by atoms with Crippen LogP contribution in [0, 0.1) is 11.7 Å². The summed E-state index contributed by atoms with van der Waals surface area (Å²) < 4.78 is 4.92. The van der Waals surface area contributed by atoms with Gasteiger partial charge < -0.3 is 9.88 Å². The standard InChI is InChI=1S/C18H13BrN4S2/c1-9-8-12(10-2-4-11(19)5-3-10)13-14-15(25-17(13)21-9)16-20-6-7-23(16)18(24)22-14/h2-5,8,20H,6-7H2,1H3. The van der Waals surface area contributed by atoms with Gasteiger partial charge in [0.05, 0.1) is 10.2 Å². The van der Waals surface area contributed by atoms with Crippen LogP contribution in [0.5, 0.6) is 0 Å². The van der Waals surface area contributed by atoms with E-state index in [1.807, 2.05) is 6.92 Å². The highest BCUT2D eigenvalue weighted by Crippen LogP contribution is 2.42. The number of aromatic nitrogens is 3. The van der Waals surface area contributed by atoms with Crippen LogP contribution in [-0.2, 0) is 6.54 Å². The zero-order chi connectivity index (χ0) is 17.1. The summed E-state index contributed by atoms with van der Waals surface area (Å²) in [5.41, 5.74) is 4.28. The predicted octanol–water partition coefficient (Wildman–Crippen LogP) is 5.54. The molecule has 0 unspecified atom stereocenters. The number of halogens is 1. The van der Waals surface area contributed by atoms with Crippen LogP contribution in [0.1, 0.15) is 5.69 Å². The quantitative estimate of drug-likeness (QED) is 0.404. The number of nitrogens with one attached hydrogen (secondary N) is 1. The third-order valence-electron chi connectivity index (χ3n) is 4.47. The zero-order valence-electron chi connectivity index (χ0n) is 13.3. The Morgan fingerprint density at radius 2 is 2.04 bits per heavy atom. The van der Waals surface area contributed by atoms with Gasteiger partial charge in [-0.1, -0.05) is 28.1 Å². The maximum absolute atomic E-state index is 5.53. The van der Waals surface area contributed by atoms with E-state index < -0.39 is 0 Å². The monoisotopic (exact) mass is 428 g/mol. The van der Waals surface area contributed by atoms with Crippen molar-refractivity contribution >= 4 is 65.7 Å². The molecule has 0 spiro atoms. The molecule has 5 rings (SSSR count). The van der Waals surface area contributed by atoms with E-state index in [0.717, 1.165) is 60.6 Å². The van der Waals surface area contributed by atoms with Gasteiger partial charge >= 0.3 is 0 Å². The minimum Gasteiger partial charge on any atom is -0.368 e. The van der Waals surface area contributed by atoms with E-state index in [1.165, 1.54) is 0 Å². The molecule has 1 aliphatic rings. The number of benzene rings is 1. The number of anilines is 1. The molecule has 1 aliphatic heterocycles. The van der Waals surface area contributed by atoms with Crippen LogP contribution in [0.2, 0.25) is 0 Å². The molecule has 25 heavy (non-hydrogen) atoms. The Hall–Kier alpha value is -1.83. The van der Waals surface area contributed by atoms with Gasteiger partial charge in [-0.25, -0.2) is 9.97 Å². The second-order valence-corrected chi connectivity index (χ2v) is 8.38. The van der Waals surface area contributed by atoms with Crippen molar-refractivity contribution < 1.29 is 0 Å². The summed E-state index contributed by atoms with van der Waals surface area (Å²) in [5.74, 6) is 1.08. The summed E-state index contributed by atoms with van der Waals surface area (Å²) in [5, 5.41) is 4.55. The maximum atomic E-state index is 5.53. The highest BCUT2D eigenvalue weighted by Gasteiger charge is 2.21. The van der Waals surface area contributed by atoms with E-state index in [2.05, 4.69) is 56.1 Å². The Morgan fingerprint density at radius 1 is 1.24 bits per heavy atom. The predicted molar refractivity (Wildman–Crippen MR) is 110 cm³/mol. The molecule has 7 heteroatoms. The van der Waals surface area contributed by atoms with Gasteiger partial charge in [-0.05, 0) is 48.5 Å². The first kappa shape index (κ1) is 15.4. The first-order chi connectivity index (χ1) is 12.1. The molecule has 0 fully saturated rings. The molecular formula is C18H13BrN4S2. The van der Waals surface area contributed by atoms with Gasteiger partial charge in [-0.2, -0.15) is 0 Å². The van der Waals surface area contributed by atoms with E-state index in [-0.39, 0.29) is 0 Å². The van der Waals surface area contributed by atoms with E-state index in [4.69, 9.17) is 22.2 Å². The lowest BCUT2D eigenvalue weighted by atomic mass is 10.0. The number of fused-ring (bicyclic) bond motifs is 5. The lowest BCUT2D eigenvalue weighted by molar-refractivity contribution is 0.774. The van der Waals surface area contributed by atoms with Crippen LogP contribution < -0.4 is 5.32 Å². The van der Waals surface area contributed by atoms with E-state index in [0.29, 0.717) is 4.77 Å². The number of thiophene rings is 1. The minimum atomic E-state index is 0.634. The van der Waals surface area contributed by atoms with Gasteiger partial charge in [0, 0.05) is 28.6 Å². The SMILES string of the molecule is Cc1cc(-c2ccc(Br)cc2)c2c(n1)sc1c3n(c(=S)nc12)CCN3. The first-order valence-electron chi connectivity index (χ1n) is 7.96. The van der Waals surface area contributed by atoms with Crippen LogP contribution in [-0.4, -0.2) is 21.1 Å². The molecule has 0 radical (unpaired) electrons. The summed E-state index contributed by atoms with van der Waals surface area (Å²) in [7, 11) is 0. The Bertz CT molecular complexity index is 1210. The van der Waals surface area contributed by atoms with Crippen molar-refractivity contribution in [1.82, 2.24) is 14.5 Å². The fraction of sp³-hybridized carbons (Fsp3) is 0.167. The largest absolute Gasteiger partial charge is 0.368 e. The topological polar surface area (TPSA) is 42.7 Å². The molecule has 3 aromatic heterocycles. The summed E-state index contributed by atoms with van der Waals surface area (Å²) in [6.45, 7) is 3.80. The minimum absolute atomic E-state index is 0.634. The van der Waals surface area contributed by atoms with Crippen LogP contribution >= 0.6 is 39.5 Å². The van der Waals surface area contributed by atoms with Crippen LogP contribution in [0.3, 0.4) is 0 Å². The fourth-order valence-corrected chi connectivity index (χ4v) is 5.13. The molecule has 0 amide bonds. The highest BCUT2D eigenvalue weighted by molar-refractivity contribution is 9.10. The number of aryl methyl sites for hydroxylation is 1. The van der Waals surface area contributed by atoms with Gasteiger partial charge in [0.2, 0.25) is 4.77 Å². The number of nitrogens with zero attached hydrogens (tertiary/aromatic N) is 3. The Labute approximate surface area is 161 Å². The van der Waals surface area contributed by atoms with E-state index in [1.54, 1.807) is 11.3 Å². The van der Waals surface area contributed by atoms with Gasteiger partial charge in [-0.3, -0.25) is 0 Å². The summed E-state index contributed by atoms with van der Waals surface area (Å²) in [4.78, 5) is 10.5. The van der Waals surface area contributed by atoms with Crippen molar-refractivity contribution in [3.8, 4) is 11.1 Å². The third-order valence-corrected chi connectivity index (χ3v) is 6.39. The molecule has 0 saturated heterocycles. The van der Waals surface area contributed by atoms with Crippen molar-refractivity contribution in [2.45, 2.75) is 13.5 Å². The number of hydrogen-bond acceptors (Lipinski definition) is 5. The molecule has 4 aromatic rings. The molecule has 124 valence electrons. The van der Waals surface area contributed by atoms with Gasteiger partial charge in [0.1, 0.15) is 10.6 Å². The van der Waals surface area contributed by atoms with Gasteiger partial charge in [-0.15, -0.1) is 11.3 Å². The normalized spacial score (nSPS) is 13.4. The van der Waals surface area contributed by atoms with E-state index >= 15 is 0 Å². The average molecular weight is 429 g/mol. The second kappa shape index (κ2) is 5.59. The van der Waals surface area contributed by atoms with Crippen molar-refractivity contribution in [1.29, 1.82) is 0 Å². The Kier molecular flexibility index (Phi) is 3.45. The van der Waals surface area contributed by atoms with Gasteiger partial charge in [0.15, 0.2) is 0 Å². The molecular weight excluding hydrogens is 416 g/mol.